The molecule has 0 saturated heterocycles. The molecule has 0 bridgehead atoms. The third kappa shape index (κ3) is 3.09. The number of nitrogens with zero attached hydrogens (tertiary/aromatic N) is 4. The third-order valence-electron chi connectivity index (χ3n) is 2.72. The van der Waals surface area contributed by atoms with Crippen molar-refractivity contribution < 1.29 is 0 Å². The summed E-state index contributed by atoms with van der Waals surface area (Å²) in [5.74, 6) is 5.99. The van der Waals surface area contributed by atoms with E-state index in [0.29, 0.717) is 12.2 Å². The van der Waals surface area contributed by atoms with Gasteiger partial charge in [-0.25, -0.2) is 4.68 Å². The summed E-state index contributed by atoms with van der Waals surface area (Å²) in [5, 5.41) is 8.12. The zero-order chi connectivity index (χ0) is 13.6. The Labute approximate surface area is 117 Å². The van der Waals surface area contributed by atoms with Crippen molar-refractivity contribution in [2.45, 2.75) is 6.54 Å². The second-order valence-corrected chi connectivity index (χ2v) is 4.28. The molecule has 0 aliphatic rings. The topological polar surface area (TPSA) is 43.6 Å². The lowest BCUT2D eigenvalue weighted by Gasteiger charge is -1.98. The quantitative estimate of drug-likeness (QED) is 0.663. The summed E-state index contributed by atoms with van der Waals surface area (Å²) in [5.41, 5.74) is 2.71. The summed E-state index contributed by atoms with van der Waals surface area (Å²) in [6.07, 6.45) is 5.29. The first-order chi connectivity index (χ1) is 9.90. The highest BCUT2D eigenvalue weighted by Crippen LogP contribution is 2.02. The van der Waals surface area contributed by atoms with Crippen molar-refractivity contribution in [2.24, 2.45) is 0 Å². The minimum Gasteiger partial charge on any atom is -0.263 e. The van der Waals surface area contributed by atoms with Crippen molar-refractivity contribution >= 4 is 0 Å². The molecule has 20 heavy (non-hydrogen) atoms. The van der Waals surface area contributed by atoms with Crippen molar-refractivity contribution in [2.75, 3.05) is 0 Å². The maximum atomic E-state index is 4.07. The van der Waals surface area contributed by atoms with E-state index in [1.54, 1.807) is 17.1 Å². The molecule has 0 aliphatic carbocycles. The second kappa shape index (κ2) is 5.81. The Morgan fingerprint density at radius 1 is 1.00 bits per heavy atom. The molecule has 0 unspecified atom stereocenters. The summed E-state index contributed by atoms with van der Waals surface area (Å²) >= 11 is 0. The SMILES string of the molecule is C(#Cc1cn(Cc2ccccc2)nn1)c1cccnc1. The van der Waals surface area contributed by atoms with Gasteiger partial charge in [-0.05, 0) is 23.6 Å². The van der Waals surface area contributed by atoms with E-state index in [9.17, 15) is 0 Å². The van der Waals surface area contributed by atoms with Crippen LogP contribution in [0.3, 0.4) is 0 Å². The van der Waals surface area contributed by atoms with Crippen LogP contribution >= 0.6 is 0 Å². The van der Waals surface area contributed by atoms with Gasteiger partial charge in [0.2, 0.25) is 0 Å². The number of rotatable bonds is 2. The number of hydrogen-bond acceptors (Lipinski definition) is 3. The van der Waals surface area contributed by atoms with E-state index in [2.05, 4.69) is 39.3 Å². The Kier molecular flexibility index (Phi) is 3.52. The number of hydrogen-bond donors (Lipinski definition) is 0. The summed E-state index contributed by atoms with van der Waals surface area (Å²) in [6.45, 7) is 0.697. The Balaban J connectivity index is 1.73. The predicted molar refractivity (Wildman–Crippen MR) is 75.8 cm³/mol. The summed E-state index contributed by atoms with van der Waals surface area (Å²) in [6, 6.07) is 13.9. The van der Waals surface area contributed by atoms with E-state index in [1.807, 2.05) is 36.5 Å². The van der Waals surface area contributed by atoms with Gasteiger partial charge < -0.3 is 0 Å². The van der Waals surface area contributed by atoms with Gasteiger partial charge in [-0.15, -0.1) is 5.10 Å². The largest absolute Gasteiger partial charge is 0.263 e. The molecule has 4 heteroatoms. The average molecular weight is 260 g/mol. The third-order valence-corrected chi connectivity index (χ3v) is 2.72. The Bertz CT molecular complexity index is 736. The normalized spacial score (nSPS) is 9.80. The van der Waals surface area contributed by atoms with Gasteiger partial charge in [0, 0.05) is 18.0 Å². The van der Waals surface area contributed by atoms with E-state index in [-0.39, 0.29) is 0 Å². The number of aromatic nitrogens is 4. The lowest BCUT2D eigenvalue weighted by molar-refractivity contribution is 0.649. The molecular formula is C16H12N4. The van der Waals surface area contributed by atoms with Crippen LogP contribution in [0.2, 0.25) is 0 Å². The molecule has 4 nitrogen and oxygen atoms in total. The highest BCUT2D eigenvalue weighted by Gasteiger charge is 1.98. The molecule has 1 aromatic carbocycles. The van der Waals surface area contributed by atoms with Crippen LogP contribution in [0.15, 0.2) is 61.1 Å². The minimum atomic E-state index is 0.657. The Hall–Kier alpha value is -2.93. The molecule has 0 radical (unpaired) electrons. The fourth-order valence-electron chi connectivity index (χ4n) is 1.78. The van der Waals surface area contributed by atoms with Crippen molar-refractivity contribution in [3.8, 4) is 11.8 Å². The van der Waals surface area contributed by atoms with Gasteiger partial charge in [0.25, 0.3) is 0 Å². The predicted octanol–water partition coefficient (Wildman–Crippen LogP) is 2.12. The molecule has 0 atom stereocenters. The van der Waals surface area contributed by atoms with Crippen molar-refractivity contribution in [3.05, 3.63) is 77.9 Å². The Morgan fingerprint density at radius 2 is 1.90 bits per heavy atom. The molecule has 3 aromatic rings. The van der Waals surface area contributed by atoms with Crippen LogP contribution in [0.1, 0.15) is 16.8 Å². The van der Waals surface area contributed by atoms with Crippen LogP contribution in [0.4, 0.5) is 0 Å². The van der Waals surface area contributed by atoms with Crippen molar-refractivity contribution in [3.63, 3.8) is 0 Å². The first kappa shape index (κ1) is 12.1. The Morgan fingerprint density at radius 3 is 2.70 bits per heavy atom. The monoisotopic (exact) mass is 260 g/mol. The van der Waals surface area contributed by atoms with E-state index in [1.165, 1.54) is 5.56 Å². The van der Waals surface area contributed by atoms with E-state index < -0.39 is 0 Å². The van der Waals surface area contributed by atoms with Crippen LogP contribution < -0.4 is 0 Å². The van der Waals surface area contributed by atoms with Gasteiger partial charge >= 0.3 is 0 Å². The van der Waals surface area contributed by atoms with E-state index >= 15 is 0 Å². The summed E-state index contributed by atoms with van der Waals surface area (Å²) in [4.78, 5) is 4.01. The number of pyridine rings is 1. The maximum absolute atomic E-state index is 4.07. The fraction of sp³-hybridized carbons (Fsp3) is 0.0625. The first-order valence-electron chi connectivity index (χ1n) is 6.26. The molecule has 2 aromatic heterocycles. The van der Waals surface area contributed by atoms with Gasteiger partial charge in [0.05, 0.1) is 12.7 Å². The van der Waals surface area contributed by atoms with Gasteiger partial charge in [-0.1, -0.05) is 41.5 Å². The average Bonchev–Trinajstić information content (AvgIpc) is 2.95. The van der Waals surface area contributed by atoms with Crippen LogP contribution in [0, 0.1) is 11.8 Å². The zero-order valence-corrected chi connectivity index (χ0v) is 10.8. The van der Waals surface area contributed by atoms with Crippen LogP contribution in [0.5, 0.6) is 0 Å². The summed E-state index contributed by atoms with van der Waals surface area (Å²) < 4.78 is 1.78. The molecule has 0 saturated carbocycles. The smallest absolute Gasteiger partial charge is 0.155 e. The molecule has 2 heterocycles. The maximum Gasteiger partial charge on any atom is 0.155 e. The second-order valence-electron chi connectivity index (χ2n) is 4.28. The lowest BCUT2D eigenvalue weighted by Crippen LogP contribution is -1.99. The molecule has 0 amide bonds. The lowest BCUT2D eigenvalue weighted by atomic mass is 10.2. The van der Waals surface area contributed by atoms with Gasteiger partial charge in [-0.2, -0.15) is 0 Å². The van der Waals surface area contributed by atoms with Crippen molar-refractivity contribution in [1.82, 2.24) is 20.0 Å². The van der Waals surface area contributed by atoms with Gasteiger partial charge in [0.1, 0.15) is 0 Å². The van der Waals surface area contributed by atoms with Gasteiger partial charge in [0.15, 0.2) is 5.69 Å². The fourth-order valence-corrected chi connectivity index (χ4v) is 1.78. The highest BCUT2D eigenvalue weighted by molar-refractivity contribution is 5.37. The molecule has 0 spiro atoms. The minimum absolute atomic E-state index is 0.657. The van der Waals surface area contributed by atoms with E-state index in [4.69, 9.17) is 0 Å². The highest BCUT2D eigenvalue weighted by atomic mass is 15.4. The van der Waals surface area contributed by atoms with E-state index in [0.717, 1.165) is 5.56 Å². The number of benzene rings is 1. The van der Waals surface area contributed by atoms with Gasteiger partial charge in [-0.3, -0.25) is 4.98 Å². The molecule has 0 N–H and O–H groups in total. The molecular weight excluding hydrogens is 248 g/mol. The zero-order valence-electron chi connectivity index (χ0n) is 10.8. The standard InChI is InChI=1S/C16H12N4/c1-2-5-15(6-3-1)12-20-13-16(18-19-20)9-8-14-7-4-10-17-11-14/h1-7,10-11,13H,12H2. The molecule has 3 rings (SSSR count). The molecule has 0 aliphatic heterocycles. The summed E-state index contributed by atoms with van der Waals surface area (Å²) in [7, 11) is 0. The van der Waals surface area contributed by atoms with Crippen molar-refractivity contribution in [1.29, 1.82) is 0 Å². The van der Waals surface area contributed by atoms with Crippen LogP contribution in [0.25, 0.3) is 0 Å². The van der Waals surface area contributed by atoms with Crippen LogP contribution in [-0.4, -0.2) is 20.0 Å². The molecule has 96 valence electrons. The van der Waals surface area contributed by atoms with Crippen LogP contribution in [-0.2, 0) is 6.54 Å². The molecule has 0 fully saturated rings. The first-order valence-corrected chi connectivity index (χ1v) is 6.26.